The Morgan fingerprint density at radius 1 is 1.04 bits per heavy atom. The van der Waals surface area contributed by atoms with E-state index >= 15 is 0 Å². The highest BCUT2D eigenvalue weighted by atomic mass is 32.2. The molecule has 1 atom stereocenters. The van der Waals surface area contributed by atoms with Gasteiger partial charge in [0.15, 0.2) is 0 Å². The summed E-state index contributed by atoms with van der Waals surface area (Å²) < 4.78 is 27.9. The van der Waals surface area contributed by atoms with E-state index in [0.29, 0.717) is 31.1 Å². The lowest BCUT2D eigenvalue weighted by Crippen LogP contribution is -2.56. The van der Waals surface area contributed by atoms with Crippen molar-refractivity contribution in [1.29, 1.82) is 0 Å². The molecule has 152 valence electrons. The molecule has 0 aliphatic carbocycles. The summed E-state index contributed by atoms with van der Waals surface area (Å²) in [6.07, 6.45) is 0. The normalized spacial score (nSPS) is 18.3. The third-order valence-corrected chi connectivity index (χ3v) is 7.11. The molecular formula is C20H33N3O3S. The van der Waals surface area contributed by atoms with Crippen LogP contribution < -0.4 is 5.32 Å². The molecule has 0 bridgehead atoms. The van der Waals surface area contributed by atoms with E-state index in [1.807, 2.05) is 65.5 Å². The van der Waals surface area contributed by atoms with Crippen LogP contribution in [0.5, 0.6) is 0 Å². The number of nitrogens with zero attached hydrogens (tertiary/aromatic N) is 2. The SMILES string of the molecule is Cc1cc(C)c(S(=O)(=O)N2CCN(C(C)C(=O)NC(C)(C)C)CC2)c(C)c1. The van der Waals surface area contributed by atoms with E-state index in [4.69, 9.17) is 0 Å². The Morgan fingerprint density at radius 3 is 1.96 bits per heavy atom. The fourth-order valence-corrected chi connectivity index (χ4v) is 5.51. The van der Waals surface area contributed by atoms with Crippen LogP contribution in [0.3, 0.4) is 0 Å². The van der Waals surface area contributed by atoms with Crippen molar-refractivity contribution in [3.63, 3.8) is 0 Å². The predicted molar refractivity (Wildman–Crippen MR) is 108 cm³/mol. The number of nitrogens with one attached hydrogen (secondary N) is 1. The standard InChI is InChI=1S/C20H33N3O3S/c1-14-12-15(2)18(16(3)13-14)27(25,26)23-10-8-22(9-11-23)17(4)19(24)21-20(5,6)7/h12-13,17H,8-11H2,1-7H3,(H,21,24). The Morgan fingerprint density at radius 2 is 1.52 bits per heavy atom. The number of piperazine rings is 1. The van der Waals surface area contributed by atoms with Crippen molar-refractivity contribution in [1.82, 2.24) is 14.5 Å². The number of rotatable bonds is 4. The van der Waals surface area contributed by atoms with Crippen LogP contribution in [0, 0.1) is 20.8 Å². The number of amides is 1. The average molecular weight is 396 g/mol. The Labute approximate surface area is 164 Å². The molecule has 1 unspecified atom stereocenters. The van der Waals surface area contributed by atoms with E-state index in [-0.39, 0.29) is 17.5 Å². The van der Waals surface area contributed by atoms with E-state index in [2.05, 4.69) is 5.32 Å². The summed E-state index contributed by atoms with van der Waals surface area (Å²) in [5, 5.41) is 2.99. The van der Waals surface area contributed by atoms with E-state index in [9.17, 15) is 13.2 Å². The number of benzene rings is 1. The third-order valence-electron chi connectivity index (χ3n) is 4.90. The van der Waals surface area contributed by atoms with Gasteiger partial charge in [0.05, 0.1) is 10.9 Å². The predicted octanol–water partition coefficient (Wildman–Crippen LogP) is 2.22. The molecule has 27 heavy (non-hydrogen) atoms. The van der Waals surface area contributed by atoms with Gasteiger partial charge in [-0.05, 0) is 59.6 Å². The molecule has 1 aliphatic heterocycles. The second-order valence-corrected chi connectivity index (χ2v) is 10.5. The van der Waals surface area contributed by atoms with Crippen LogP contribution in [-0.2, 0) is 14.8 Å². The molecule has 0 saturated carbocycles. The average Bonchev–Trinajstić information content (AvgIpc) is 2.51. The van der Waals surface area contributed by atoms with Crippen LogP contribution in [0.25, 0.3) is 0 Å². The molecule has 0 radical (unpaired) electrons. The van der Waals surface area contributed by atoms with Gasteiger partial charge in [0.25, 0.3) is 0 Å². The van der Waals surface area contributed by atoms with Crippen molar-refractivity contribution < 1.29 is 13.2 Å². The van der Waals surface area contributed by atoms with Gasteiger partial charge < -0.3 is 5.32 Å². The van der Waals surface area contributed by atoms with Gasteiger partial charge in [-0.25, -0.2) is 8.42 Å². The maximum atomic E-state index is 13.2. The van der Waals surface area contributed by atoms with Gasteiger partial charge in [0.2, 0.25) is 15.9 Å². The molecule has 1 aliphatic rings. The summed E-state index contributed by atoms with van der Waals surface area (Å²) in [6.45, 7) is 15.3. The molecule has 1 fully saturated rings. The van der Waals surface area contributed by atoms with E-state index in [0.717, 1.165) is 16.7 Å². The van der Waals surface area contributed by atoms with Gasteiger partial charge in [-0.3, -0.25) is 9.69 Å². The maximum Gasteiger partial charge on any atom is 0.243 e. The number of carbonyl (C=O) groups is 1. The number of aryl methyl sites for hydroxylation is 3. The molecule has 0 aromatic heterocycles. The number of hydrogen-bond acceptors (Lipinski definition) is 4. The van der Waals surface area contributed by atoms with Crippen molar-refractivity contribution in [2.45, 2.75) is 64.9 Å². The summed E-state index contributed by atoms with van der Waals surface area (Å²) in [5.74, 6) is -0.0240. The highest BCUT2D eigenvalue weighted by Crippen LogP contribution is 2.26. The van der Waals surface area contributed by atoms with Crippen LogP contribution in [0.4, 0.5) is 0 Å². The first-order chi connectivity index (χ1) is 12.3. The highest BCUT2D eigenvalue weighted by molar-refractivity contribution is 7.89. The van der Waals surface area contributed by atoms with Crippen molar-refractivity contribution in [3.8, 4) is 0 Å². The van der Waals surface area contributed by atoms with Gasteiger partial charge in [0, 0.05) is 31.7 Å². The molecule has 1 amide bonds. The summed E-state index contributed by atoms with van der Waals surface area (Å²) in [4.78, 5) is 14.9. The second kappa shape index (κ2) is 7.89. The first-order valence-corrected chi connectivity index (χ1v) is 10.9. The molecule has 1 heterocycles. The molecular weight excluding hydrogens is 362 g/mol. The van der Waals surface area contributed by atoms with E-state index in [1.165, 1.54) is 0 Å². The Hall–Kier alpha value is -1.44. The fourth-order valence-electron chi connectivity index (χ4n) is 3.67. The van der Waals surface area contributed by atoms with Crippen LogP contribution >= 0.6 is 0 Å². The van der Waals surface area contributed by atoms with Crippen molar-refractivity contribution in [2.75, 3.05) is 26.2 Å². The van der Waals surface area contributed by atoms with Crippen LogP contribution in [-0.4, -0.2) is 61.3 Å². The summed E-state index contributed by atoms with van der Waals surface area (Å²) in [7, 11) is -3.53. The molecule has 1 aromatic carbocycles. The van der Waals surface area contributed by atoms with Crippen molar-refractivity contribution >= 4 is 15.9 Å². The smallest absolute Gasteiger partial charge is 0.243 e. The zero-order valence-corrected chi connectivity index (χ0v) is 18.4. The molecule has 1 N–H and O–H groups in total. The lowest BCUT2D eigenvalue weighted by molar-refractivity contribution is -0.127. The fraction of sp³-hybridized carbons (Fsp3) is 0.650. The molecule has 0 spiro atoms. The largest absolute Gasteiger partial charge is 0.350 e. The van der Waals surface area contributed by atoms with Crippen LogP contribution in [0.15, 0.2) is 17.0 Å². The first kappa shape index (κ1) is 21.9. The second-order valence-electron chi connectivity index (χ2n) is 8.58. The van der Waals surface area contributed by atoms with Crippen molar-refractivity contribution in [3.05, 3.63) is 28.8 Å². The molecule has 1 aromatic rings. The zero-order valence-electron chi connectivity index (χ0n) is 17.6. The third kappa shape index (κ3) is 5.09. The number of carbonyl (C=O) groups excluding carboxylic acids is 1. The summed E-state index contributed by atoms with van der Waals surface area (Å²) >= 11 is 0. The number of sulfonamides is 1. The number of hydrogen-bond donors (Lipinski definition) is 1. The Bertz CT molecular complexity index is 781. The summed E-state index contributed by atoms with van der Waals surface area (Å²) in [6, 6.07) is 3.54. The van der Waals surface area contributed by atoms with Gasteiger partial charge in [-0.1, -0.05) is 17.7 Å². The first-order valence-electron chi connectivity index (χ1n) is 9.47. The molecule has 7 heteroatoms. The van der Waals surface area contributed by atoms with E-state index in [1.54, 1.807) is 4.31 Å². The van der Waals surface area contributed by atoms with Gasteiger partial charge >= 0.3 is 0 Å². The zero-order chi connectivity index (χ0) is 20.6. The van der Waals surface area contributed by atoms with E-state index < -0.39 is 10.0 Å². The Balaban J connectivity index is 2.10. The minimum absolute atomic E-state index is 0.0240. The summed E-state index contributed by atoms with van der Waals surface area (Å²) in [5.41, 5.74) is 2.35. The maximum absolute atomic E-state index is 13.2. The van der Waals surface area contributed by atoms with Crippen LogP contribution in [0.2, 0.25) is 0 Å². The Kier molecular flexibility index (Phi) is 6.39. The minimum Gasteiger partial charge on any atom is -0.350 e. The van der Waals surface area contributed by atoms with Crippen LogP contribution in [0.1, 0.15) is 44.4 Å². The highest BCUT2D eigenvalue weighted by Gasteiger charge is 2.33. The van der Waals surface area contributed by atoms with Gasteiger partial charge in [-0.15, -0.1) is 0 Å². The lowest BCUT2D eigenvalue weighted by atomic mass is 10.1. The van der Waals surface area contributed by atoms with Gasteiger partial charge in [-0.2, -0.15) is 4.31 Å². The topological polar surface area (TPSA) is 69.7 Å². The lowest BCUT2D eigenvalue weighted by Gasteiger charge is -2.38. The molecule has 2 rings (SSSR count). The monoisotopic (exact) mass is 395 g/mol. The van der Waals surface area contributed by atoms with Gasteiger partial charge in [0.1, 0.15) is 0 Å². The minimum atomic E-state index is -3.53. The molecule has 1 saturated heterocycles. The molecule has 6 nitrogen and oxygen atoms in total. The quantitative estimate of drug-likeness (QED) is 0.849. The van der Waals surface area contributed by atoms with Crippen molar-refractivity contribution in [2.24, 2.45) is 0 Å².